The van der Waals surface area contributed by atoms with Gasteiger partial charge in [0.1, 0.15) is 17.3 Å². The molecule has 1 amide bonds. The number of pyridine rings is 1. The smallest absolute Gasteiger partial charge is 0.296 e. The van der Waals surface area contributed by atoms with Crippen molar-refractivity contribution in [3.8, 4) is 11.5 Å². The molecule has 0 aliphatic carbocycles. The summed E-state index contributed by atoms with van der Waals surface area (Å²) in [6, 6.07) is 17.0. The van der Waals surface area contributed by atoms with E-state index in [1.165, 1.54) is 4.90 Å². The number of methoxy groups -OCH3 is 1. The second kappa shape index (κ2) is 10.6. The van der Waals surface area contributed by atoms with Crippen LogP contribution in [0.5, 0.6) is 11.5 Å². The summed E-state index contributed by atoms with van der Waals surface area (Å²) < 4.78 is 11.2. The van der Waals surface area contributed by atoms with Crippen molar-refractivity contribution in [3.05, 3.63) is 94.8 Å². The van der Waals surface area contributed by atoms with Crippen LogP contribution in [0.15, 0.2) is 72.4 Å². The van der Waals surface area contributed by atoms with E-state index in [0.717, 1.165) is 5.56 Å². The number of hydrogen-bond donors (Lipinski definition) is 1. The molecule has 3 aromatic rings. The SMILES string of the molecule is COc1cccc(C2/C(=C(/O)c3ccc(OCC(C)C)c(C)c3)C(=O)C(=O)N2Cc2ccccn2)c1. The summed E-state index contributed by atoms with van der Waals surface area (Å²) in [6.45, 7) is 6.70. The first-order valence-corrected chi connectivity index (χ1v) is 11.9. The van der Waals surface area contributed by atoms with Crippen molar-refractivity contribution in [1.82, 2.24) is 9.88 Å². The van der Waals surface area contributed by atoms with Crippen LogP contribution in [0.25, 0.3) is 5.76 Å². The average Bonchev–Trinajstić information content (AvgIpc) is 3.13. The first-order valence-electron chi connectivity index (χ1n) is 11.9. The van der Waals surface area contributed by atoms with Crippen molar-refractivity contribution in [2.45, 2.75) is 33.4 Å². The minimum Gasteiger partial charge on any atom is -0.507 e. The van der Waals surface area contributed by atoms with Crippen LogP contribution in [0.3, 0.4) is 0 Å². The molecule has 7 heteroatoms. The number of carbonyl (C=O) groups is 2. The summed E-state index contributed by atoms with van der Waals surface area (Å²) in [5.41, 5.74) is 2.57. The van der Waals surface area contributed by atoms with Crippen molar-refractivity contribution >= 4 is 17.4 Å². The largest absolute Gasteiger partial charge is 0.507 e. The minimum atomic E-state index is -0.806. The highest BCUT2D eigenvalue weighted by atomic mass is 16.5. The molecule has 7 nitrogen and oxygen atoms in total. The fourth-order valence-electron chi connectivity index (χ4n) is 4.24. The predicted octanol–water partition coefficient (Wildman–Crippen LogP) is 5.06. The Morgan fingerprint density at radius 2 is 1.89 bits per heavy atom. The van der Waals surface area contributed by atoms with Crippen molar-refractivity contribution < 1.29 is 24.2 Å². The molecule has 4 rings (SSSR count). The van der Waals surface area contributed by atoms with Gasteiger partial charge in [-0.25, -0.2) is 0 Å². The van der Waals surface area contributed by atoms with Gasteiger partial charge in [-0.05, 0) is 66.4 Å². The summed E-state index contributed by atoms with van der Waals surface area (Å²) in [7, 11) is 1.55. The molecule has 1 atom stereocenters. The standard InChI is InChI=1S/C29H30N2O5/c1-18(2)17-36-24-12-11-21(14-19(24)3)27(32)25-26(20-8-7-10-23(15-20)35-4)31(29(34)28(25)33)16-22-9-5-6-13-30-22/h5-15,18,26,32H,16-17H2,1-4H3/b27-25-. The highest BCUT2D eigenvalue weighted by molar-refractivity contribution is 6.46. The highest BCUT2D eigenvalue weighted by Crippen LogP contribution is 2.41. The van der Waals surface area contributed by atoms with Crippen LogP contribution in [0.4, 0.5) is 0 Å². The lowest BCUT2D eigenvalue weighted by atomic mass is 9.94. The molecule has 186 valence electrons. The fourth-order valence-corrected chi connectivity index (χ4v) is 4.24. The normalized spacial score (nSPS) is 17.0. The molecular formula is C29H30N2O5. The third kappa shape index (κ3) is 5.10. The lowest BCUT2D eigenvalue weighted by Crippen LogP contribution is -2.29. The van der Waals surface area contributed by atoms with Gasteiger partial charge in [-0.2, -0.15) is 0 Å². The molecule has 36 heavy (non-hydrogen) atoms. The number of ether oxygens (including phenoxy) is 2. The molecule has 1 aliphatic rings. The van der Waals surface area contributed by atoms with E-state index < -0.39 is 17.7 Å². The van der Waals surface area contributed by atoms with Gasteiger partial charge in [-0.15, -0.1) is 0 Å². The monoisotopic (exact) mass is 486 g/mol. The molecular weight excluding hydrogens is 456 g/mol. The third-order valence-corrected chi connectivity index (χ3v) is 6.03. The second-order valence-corrected chi connectivity index (χ2v) is 9.21. The van der Waals surface area contributed by atoms with Gasteiger partial charge in [0.25, 0.3) is 11.7 Å². The number of aryl methyl sites for hydroxylation is 1. The number of ketones is 1. The number of nitrogens with zero attached hydrogens (tertiary/aromatic N) is 2. The quantitative estimate of drug-likeness (QED) is 0.272. The van der Waals surface area contributed by atoms with Gasteiger partial charge in [0, 0.05) is 11.8 Å². The Labute approximate surface area is 211 Å². The number of amides is 1. The molecule has 2 aromatic carbocycles. The van der Waals surface area contributed by atoms with Crippen LogP contribution in [-0.2, 0) is 16.1 Å². The molecule has 0 radical (unpaired) electrons. The van der Waals surface area contributed by atoms with Gasteiger partial charge in [-0.1, -0.05) is 32.0 Å². The number of aliphatic hydroxyl groups is 1. The zero-order valence-electron chi connectivity index (χ0n) is 20.9. The number of aliphatic hydroxyl groups excluding tert-OH is 1. The van der Waals surface area contributed by atoms with Crippen molar-refractivity contribution in [2.75, 3.05) is 13.7 Å². The van der Waals surface area contributed by atoms with E-state index in [-0.39, 0.29) is 17.9 Å². The fraction of sp³-hybridized carbons (Fsp3) is 0.276. The Balaban J connectivity index is 1.80. The van der Waals surface area contributed by atoms with E-state index in [4.69, 9.17) is 9.47 Å². The summed E-state index contributed by atoms with van der Waals surface area (Å²) in [5.74, 6) is -0.00470. The maximum absolute atomic E-state index is 13.3. The van der Waals surface area contributed by atoms with Gasteiger partial charge in [0.2, 0.25) is 0 Å². The molecule has 1 unspecified atom stereocenters. The summed E-state index contributed by atoms with van der Waals surface area (Å²) in [4.78, 5) is 32.3. The van der Waals surface area contributed by atoms with E-state index in [1.807, 2.05) is 19.1 Å². The minimum absolute atomic E-state index is 0.0273. The Hall–Kier alpha value is -4.13. The number of hydrogen-bond acceptors (Lipinski definition) is 6. The first kappa shape index (κ1) is 25.0. The van der Waals surface area contributed by atoms with E-state index in [9.17, 15) is 14.7 Å². The lowest BCUT2D eigenvalue weighted by molar-refractivity contribution is -0.140. The maximum Gasteiger partial charge on any atom is 0.296 e. The van der Waals surface area contributed by atoms with E-state index >= 15 is 0 Å². The van der Waals surface area contributed by atoms with Gasteiger partial charge in [0.15, 0.2) is 0 Å². The predicted molar refractivity (Wildman–Crippen MR) is 137 cm³/mol. The highest BCUT2D eigenvalue weighted by Gasteiger charge is 2.46. The van der Waals surface area contributed by atoms with Gasteiger partial charge >= 0.3 is 0 Å². The van der Waals surface area contributed by atoms with Crippen molar-refractivity contribution in [1.29, 1.82) is 0 Å². The number of rotatable bonds is 8. The molecule has 0 spiro atoms. The van der Waals surface area contributed by atoms with Crippen LogP contribution in [0.2, 0.25) is 0 Å². The molecule has 0 bridgehead atoms. The Morgan fingerprint density at radius 3 is 2.56 bits per heavy atom. The van der Waals surface area contributed by atoms with Crippen LogP contribution in [0.1, 0.15) is 42.3 Å². The molecule has 2 heterocycles. The number of likely N-dealkylation sites (tertiary alicyclic amines) is 1. The Kier molecular flexibility index (Phi) is 7.38. The zero-order chi connectivity index (χ0) is 25.8. The average molecular weight is 487 g/mol. The lowest BCUT2D eigenvalue weighted by Gasteiger charge is -2.25. The zero-order valence-corrected chi connectivity index (χ0v) is 20.9. The number of carbonyl (C=O) groups excluding carboxylic acids is 2. The van der Waals surface area contributed by atoms with Gasteiger partial charge < -0.3 is 19.5 Å². The topological polar surface area (TPSA) is 89.0 Å². The third-order valence-electron chi connectivity index (χ3n) is 6.03. The van der Waals surface area contributed by atoms with E-state index in [0.29, 0.717) is 40.8 Å². The van der Waals surface area contributed by atoms with Crippen LogP contribution < -0.4 is 9.47 Å². The first-order chi connectivity index (χ1) is 17.3. The van der Waals surface area contributed by atoms with Crippen molar-refractivity contribution in [2.24, 2.45) is 5.92 Å². The Bertz CT molecular complexity index is 1300. The number of aromatic nitrogens is 1. The van der Waals surface area contributed by atoms with Gasteiger partial charge in [-0.3, -0.25) is 14.6 Å². The van der Waals surface area contributed by atoms with Crippen LogP contribution >= 0.6 is 0 Å². The Morgan fingerprint density at radius 1 is 1.08 bits per heavy atom. The maximum atomic E-state index is 13.3. The molecule has 1 saturated heterocycles. The molecule has 1 fully saturated rings. The number of Topliss-reactive ketones (excluding diaryl/α,β-unsaturated/α-hetero) is 1. The van der Waals surface area contributed by atoms with Gasteiger partial charge in [0.05, 0.1) is 37.6 Å². The molecule has 0 saturated carbocycles. The summed E-state index contributed by atoms with van der Waals surface area (Å²) in [6.07, 6.45) is 1.64. The molecule has 1 N–H and O–H groups in total. The number of benzene rings is 2. The van der Waals surface area contributed by atoms with Crippen LogP contribution in [-0.4, -0.2) is 40.4 Å². The van der Waals surface area contributed by atoms with Crippen LogP contribution in [0, 0.1) is 12.8 Å². The second-order valence-electron chi connectivity index (χ2n) is 9.21. The molecule has 1 aliphatic heterocycles. The summed E-state index contributed by atoms with van der Waals surface area (Å²) >= 11 is 0. The van der Waals surface area contributed by atoms with E-state index in [1.54, 1.807) is 61.8 Å². The summed E-state index contributed by atoms with van der Waals surface area (Å²) in [5, 5.41) is 11.4. The van der Waals surface area contributed by atoms with E-state index in [2.05, 4.69) is 18.8 Å². The van der Waals surface area contributed by atoms with Crippen molar-refractivity contribution in [3.63, 3.8) is 0 Å². The molecule has 1 aromatic heterocycles.